The van der Waals surface area contributed by atoms with Gasteiger partial charge in [0.1, 0.15) is 0 Å². The maximum Gasteiger partial charge on any atom is 0.0664 e. The van der Waals surface area contributed by atoms with Gasteiger partial charge in [0.25, 0.3) is 0 Å². The molecule has 0 amide bonds. The van der Waals surface area contributed by atoms with Gasteiger partial charge in [0.05, 0.1) is 5.54 Å². The quantitative estimate of drug-likeness (QED) is 0.801. The van der Waals surface area contributed by atoms with Crippen molar-refractivity contribution in [3.05, 3.63) is 70.8 Å². The van der Waals surface area contributed by atoms with Crippen LogP contribution in [0.3, 0.4) is 0 Å². The second kappa shape index (κ2) is 4.25. The molecule has 0 radical (unpaired) electrons. The van der Waals surface area contributed by atoms with Gasteiger partial charge in [0.2, 0.25) is 0 Å². The van der Waals surface area contributed by atoms with Crippen molar-refractivity contribution >= 4 is 0 Å². The highest BCUT2D eigenvalue weighted by molar-refractivity contribution is 5.45. The minimum absolute atomic E-state index is 0.0547. The van der Waals surface area contributed by atoms with E-state index < -0.39 is 0 Å². The van der Waals surface area contributed by atoms with Crippen LogP contribution in [0, 0.1) is 6.92 Å². The summed E-state index contributed by atoms with van der Waals surface area (Å²) in [6, 6.07) is 17.6. The molecule has 0 saturated heterocycles. The molecule has 18 heavy (non-hydrogen) atoms. The van der Waals surface area contributed by atoms with Gasteiger partial charge in [-0.1, -0.05) is 54.1 Å². The lowest BCUT2D eigenvalue weighted by atomic mass is 9.78. The first kappa shape index (κ1) is 11.5. The van der Waals surface area contributed by atoms with Crippen LogP contribution in [0.1, 0.15) is 29.2 Å². The SMILES string of the molecule is Cc1ccc2c(c1)C(C)(c1ccccc1)NCC2. The maximum atomic E-state index is 3.70. The van der Waals surface area contributed by atoms with Gasteiger partial charge in [0, 0.05) is 6.54 Å². The normalized spacial score (nSPS) is 22.6. The summed E-state index contributed by atoms with van der Waals surface area (Å²) in [6.45, 7) is 5.50. The third-order valence-corrected chi connectivity index (χ3v) is 4.03. The number of benzene rings is 2. The zero-order valence-corrected chi connectivity index (χ0v) is 11.0. The Morgan fingerprint density at radius 3 is 2.61 bits per heavy atom. The fraction of sp³-hybridized carbons (Fsp3) is 0.294. The summed E-state index contributed by atoms with van der Waals surface area (Å²) < 4.78 is 0. The lowest BCUT2D eigenvalue weighted by Gasteiger charge is -2.38. The van der Waals surface area contributed by atoms with Gasteiger partial charge in [-0.2, -0.15) is 0 Å². The van der Waals surface area contributed by atoms with E-state index in [0.717, 1.165) is 13.0 Å². The van der Waals surface area contributed by atoms with Gasteiger partial charge in [-0.3, -0.25) is 0 Å². The van der Waals surface area contributed by atoms with Crippen LogP contribution in [0.25, 0.3) is 0 Å². The van der Waals surface area contributed by atoms with Crippen molar-refractivity contribution in [1.29, 1.82) is 0 Å². The molecule has 1 atom stereocenters. The van der Waals surface area contributed by atoms with Gasteiger partial charge < -0.3 is 5.32 Å². The van der Waals surface area contributed by atoms with Crippen molar-refractivity contribution in [1.82, 2.24) is 5.32 Å². The maximum absolute atomic E-state index is 3.70. The van der Waals surface area contributed by atoms with E-state index in [-0.39, 0.29) is 5.54 Å². The third kappa shape index (κ3) is 1.75. The second-order valence-corrected chi connectivity index (χ2v) is 5.33. The summed E-state index contributed by atoms with van der Waals surface area (Å²) in [6.07, 6.45) is 1.12. The van der Waals surface area contributed by atoms with Gasteiger partial charge in [-0.25, -0.2) is 0 Å². The van der Waals surface area contributed by atoms with E-state index in [0.29, 0.717) is 0 Å². The average molecular weight is 237 g/mol. The zero-order valence-electron chi connectivity index (χ0n) is 11.0. The van der Waals surface area contributed by atoms with E-state index in [1.807, 2.05) is 0 Å². The van der Waals surface area contributed by atoms with Crippen molar-refractivity contribution in [3.8, 4) is 0 Å². The summed E-state index contributed by atoms with van der Waals surface area (Å²) in [5, 5.41) is 3.70. The smallest absolute Gasteiger partial charge is 0.0664 e. The molecule has 1 N–H and O–H groups in total. The van der Waals surface area contributed by atoms with Gasteiger partial charge in [-0.15, -0.1) is 0 Å². The van der Waals surface area contributed by atoms with E-state index in [9.17, 15) is 0 Å². The van der Waals surface area contributed by atoms with Gasteiger partial charge in [-0.05, 0) is 37.0 Å². The van der Waals surface area contributed by atoms with E-state index in [2.05, 4.69) is 67.7 Å². The fourth-order valence-electron chi connectivity index (χ4n) is 2.95. The summed E-state index contributed by atoms with van der Waals surface area (Å²) in [5.74, 6) is 0. The van der Waals surface area contributed by atoms with Crippen LogP contribution in [-0.4, -0.2) is 6.54 Å². The largest absolute Gasteiger partial charge is 0.304 e. The van der Waals surface area contributed by atoms with E-state index in [1.54, 1.807) is 0 Å². The third-order valence-electron chi connectivity index (χ3n) is 4.03. The first-order valence-corrected chi connectivity index (χ1v) is 6.61. The monoisotopic (exact) mass is 237 g/mol. The molecular formula is C17H19N. The van der Waals surface area contributed by atoms with Crippen LogP contribution in [-0.2, 0) is 12.0 Å². The highest BCUT2D eigenvalue weighted by atomic mass is 15.0. The molecule has 0 spiro atoms. The molecule has 0 aliphatic carbocycles. The van der Waals surface area contributed by atoms with Crippen molar-refractivity contribution < 1.29 is 0 Å². The molecule has 1 nitrogen and oxygen atoms in total. The number of nitrogens with one attached hydrogen (secondary N) is 1. The Labute approximate surface area is 109 Å². The molecule has 1 aliphatic heterocycles. The molecule has 92 valence electrons. The summed E-state index contributed by atoms with van der Waals surface area (Å²) in [4.78, 5) is 0. The zero-order chi connectivity index (χ0) is 12.6. The van der Waals surface area contributed by atoms with Crippen LogP contribution >= 0.6 is 0 Å². The average Bonchev–Trinajstić information content (AvgIpc) is 2.41. The number of aryl methyl sites for hydroxylation is 1. The summed E-state index contributed by atoms with van der Waals surface area (Å²) in [5.41, 5.74) is 5.53. The Hall–Kier alpha value is -1.60. The molecule has 0 bridgehead atoms. The summed E-state index contributed by atoms with van der Waals surface area (Å²) >= 11 is 0. The van der Waals surface area contributed by atoms with Crippen LogP contribution in [0.15, 0.2) is 48.5 Å². The predicted molar refractivity (Wildman–Crippen MR) is 75.8 cm³/mol. The molecule has 2 aromatic carbocycles. The van der Waals surface area contributed by atoms with Crippen LogP contribution < -0.4 is 5.32 Å². The number of hydrogen-bond acceptors (Lipinski definition) is 1. The van der Waals surface area contributed by atoms with Crippen LogP contribution in [0.4, 0.5) is 0 Å². The van der Waals surface area contributed by atoms with Crippen molar-refractivity contribution in [2.45, 2.75) is 25.8 Å². The van der Waals surface area contributed by atoms with Crippen LogP contribution in [0.5, 0.6) is 0 Å². The number of fused-ring (bicyclic) bond motifs is 1. The Morgan fingerprint density at radius 1 is 1.06 bits per heavy atom. The topological polar surface area (TPSA) is 12.0 Å². The lowest BCUT2D eigenvalue weighted by molar-refractivity contribution is 0.414. The standard InChI is InChI=1S/C17H19N/c1-13-8-9-14-10-11-18-17(2,16(14)12-13)15-6-4-3-5-7-15/h3-9,12,18H,10-11H2,1-2H3. The van der Waals surface area contributed by atoms with Crippen molar-refractivity contribution in [2.75, 3.05) is 6.54 Å². The minimum Gasteiger partial charge on any atom is -0.304 e. The molecule has 1 unspecified atom stereocenters. The molecule has 1 aliphatic rings. The molecule has 3 rings (SSSR count). The van der Waals surface area contributed by atoms with E-state index >= 15 is 0 Å². The Kier molecular flexibility index (Phi) is 2.71. The van der Waals surface area contributed by atoms with Crippen molar-refractivity contribution in [3.63, 3.8) is 0 Å². The molecule has 2 aromatic rings. The molecule has 0 aromatic heterocycles. The van der Waals surface area contributed by atoms with E-state index in [4.69, 9.17) is 0 Å². The predicted octanol–water partition coefficient (Wildman–Crippen LogP) is 3.40. The minimum atomic E-state index is -0.0547. The number of hydrogen-bond donors (Lipinski definition) is 1. The Morgan fingerprint density at radius 2 is 1.83 bits per heavy atom. The van der Waals surface area contributed by atoms with Crippen LogP contribution in [0.2, 0.25) is 0 Å². The van der Waals surface area contributed by atoms with E-state index in [1.165, 1.54) is 22.3 Å². The molecule has 1 heteroatoms. The van der Waals surface area contributed by atoms with Gasteiger partial charge >= 0.3 is 0 Å². The first-order chi connectivity index (χ1) is 8.70. The molecular weight excluding hydrogens is 218 g/mol. The van der Waals surface area contributed by atoms with Crippen molar-refractivity contribution in [2.24, 2.45) is 0 Å². The summed E-state index contributed by atoms with van der Waals surface area (Å²) in [7, 11) is 0. The first-order valence-electron chi connectivity index (χ1n) is 6.61. The Balaban J connectivity index is 2.18. The highest BCUT2D eigenvalue weighted by Crippen LogP contribution is 2.34. The molecule has 0 saturated carbocycles. The fourth-order valence-corrected chi connectivity index (χ4v) is 2.95. The molecule has 0 fully saturated rings. The van der Waals surface area contributed by atoms with Gasteiger partial charge in [0.15, 0.2) is 0 Å². The highest BCUT2D eigenvalue weighted by Gasteiger charge is 2.32. The lowest BCUT2D eigenvalue weighted by Crippen LogP contribution is -2.45. The Bertz CT molecular complexity index is 559. The molecule has 1 heterocycles. The number of rotatable bonds is 1. The second-order valence-electron chi connectivity index (χ2n) is 5.33.